The van der Waals surface area contributed by atoms with Crippen LogP contribution in [0.15, 0.2) is 18.2 Å². The van der Waals surface area contributed by atoms with E-state index in [0.29, 0.717) is 12.2 Å². The number of unbranched alkanes of at least 4 members (excludes halogenated alkanes) is 1. The lowest BCUT2D eigenvalue weighted by Gasteiger charge is -2.14. The van der Waals surface area contributed by atoms with E-state index in [-0.39, 0.29) is 10.6 Å². The normalized spacial score (nSPS) is 11.4. The molecule has 0 aliphatic carbocycles. The maximum atomic E-state index is 12.8. The van der Waals surface area contributed by atoms with E-state index in [2.05, 4.69) is 5.32 Å². The van der Waals surface area contributed by atoms with E-state index in [1.54, 1.807) is 11.8 Å². The molecule has 0 saturated heterocycles. The van der Waals surface area contributed by atoms with E-state index >= 15 is 0 Å². The Labute approximate surface area is 126 Å². The summed E-state index contributed by atoms with van der Waals surface area (Å²) in [6, 6.07) is 3.78. The molecular weight excluding hydrogens is 305 g/mol. The van der Waals surface area contributed by atoms with Gasteiger partial charge < -0.3 is 11.1 Å². The van der Waals surface area contributed by atoms with Crippen LogP contribution in [0.2, 0.25) is 0 Å². The van der Waals surface area contributed by atoms with Gasteiger partial charge in [0.25, 0.3) is 0 Å². The van der Waals surface area contributed by atoms with Crippen LogP contribution in [0.1, 0.15) is 24.0 Å². The van der Waals surface area contributed by atoms with Gasteiger partial charge in [-0.25, -0.2) is 0 Å². The van der Waals surface area contributed by atoms with Gasteiger partial charge in [0.15, 0.2) is 0 Å². The molecule has 112 valence electrons. The molecular formula is C13H17F3N2S2. The topological polar surface area (TPSA) is 38.0 Å². The van der Waals surface area contributed by atoms with E-state index in [9.17, 15) is 13.2 Å². The Morgan fingerprint density at radius 2 is 2.05 bits per heavy atom. The van der Waals surface area contributed by atoms with E-state index in [0.717, 1.165) is 24.7 Å². The highest BCUT2D eigenvalue weighted by Gasteiger charge is 2.33. The molecule has 2 nitrogen and oxygen atoms in total. The first kappa shape index (κ1) is 17.1. The van der Waals surface area contributed by atoms with Crippen LogP contribution < -0.4 is 11.1 Å². The van der Waals surface area contributed by atoms with Gasteiger partial charge in [-0.05, 0) is 43.0 Å². The minimum absolute atomic E-state index is 0.137. The van der Waals surface area contributed by atoms with Gasteiger partial charge in [-0.2, -0.15) is 24.9 Å². The molecule has 0 atom stereocenters. The van der Waals surface area contributed by atoms with Crippen LogP contribution >= 0.6 is 24.0 Å². The summed E-state index contributed by atoms with van der Waals surface area (Å²) in [5.41, 5.74) is 5.05. The monoisotopic (exact) mass is 322 g/mol. The fourth-order valence-electron chi connectivity index (χ4n) is 1.71. The van der Waals surface area contributed by atoms with Gasteiger partial charge in [-0.1, -0.05) is 12.2 Å². The molecule has 0 unspecified atom stereocenters. The highest BCUT2D eigenvalue weighted by molar-refractivity contribution is 7.98. The summed E-state index contributed by atoms with van der Waals surface area (Å²) in [5, 5.41) is 3.09. The first-order valence-electron chi connectivity index (χ1n) is 6.10. The lowest BCUT2D eigenvalue weighted by Crippen LogP contribution is -2.18. The van der Waals surface area contributed by atoms with Gasteiger partial charge in [0, 0.05) is 17.8 Å². The summed E-state index contributed by atoms with van der Waals surface area (Å²) in [4.78, 5) is -0.247. The Balaban J connectivity index is 2.76. The van der Waals surface area contributed by atoms with Gasteiger partial charge in [-0.3, -0.25) is 0 Å². The fourth-order valence-corrected chi connectivity index (χ4v) is 2.37. The summed E-state index contributed by atoms with van der Waals surface area (Å²) < 4.78 is 38.4. The van der Waals surface area contributed by atoms with Crippen LogP contribution in [0.4, 0.5) is 18.9 Å². The summed E-state index contributed by atoms with van der Waals surface area (Å²) >= 11 is 6.47. The van der Waals surface area contributed by atoms with Crippen molar-refractivity contribution >= 4 is 34.7 Å². The lowest BCUT2D eigenvalue weighted by molar-refractivity contribution is -0.137. The van der Waals surface area contributed by atoms with E-state index < -0.39 is 11.7 Å². The molecule has 1 aromatic carbocycles. The average Bonchev–Trinajstić information content (AvgIpc) is 2.37. The number of thioether (sulfide) groups is 1. The third-order valence-electron chi connectivity index (χ3n) is 2.69. The molecule has 1 rings (SSSR count). The molecule has 7 heteroatoms. The molecule has 0 aliphatic rings. The molecule has 1 aromatic rings. The minimum atomic E-state index is -4.45. The summed E-state index contributed by atoms with van der Waals surface area (Å²) in [5.74, 6) is 1.08. The van der Waals surface area contributed by atoms with Gasteiger partial charge >= 0.3 is 6.18 Å². The van der Waals surface area contributed by atoms with Crippen LogP contribution in [0.25, 0.3) is 0 Å². The van der Waals surface area contributed by atoms with Crippen molar-refractivity contribution in [1.82, 2.24) is 0 Å². The molecule has 20 heavy (non-hydrogen) atoms. The van der Waals surface area contributed by atoms with Gasteiger partial charge in [0.2, 0.25) is 0 Å². The molecule has 0 fully saturated rings. The molecule has 0 spiro atoms. The third-order valence-corrected chi connectivity index (χ3v) is 3.61. The van der Waals surface area contributed by atoms with Crippen molar-refractivity contribution in [2.24, 2.45) is 5.73 Å². The van der Waals surface area contributed by atoms with Gasteiger partial charge in [0.05, 0.1) is 5.56 Å². The minimum Gasteiger partial charge on any atom is -0.389 e. The Hall–Kier alpha value is -0.950. The number of nitrogens with two attached hydrogens (primary N) is 1. The largest absolute Gasteiger partial charge is 0.417 e. The fraction of sp³-hybridized carbons (Fsp3) is 0.462. The van der Waals surface area contributed by atoms with Crippen molar-refractivity contribution in [2.75, 3.05) is 23.9 Å². The van der Waals surface area contributed by atoms with Crippen LogP contribution in [-0.4, -0.2) is 23.5 Å². The SMILES string of the molecule is CSCCCCNc1ccc(C(F)(F)F)c(C(N)=S)c1. The van der Waals surface area contributed by atoms with Gasteiger partial charge in [-0.15, -0.1) is 0 Å². The predicted octanol–water partition coefficient (Wildman–Crippen LogP) is 3.89. The maximum Gasteiger partial charge on any atom is 0.417 e. The number of alkyl halides is 3. The number of rotatable bonds is 7. The number of benzene rings is 1. The molecule has 0 heterocycles. The van der Waals surface area contributed by atoms with Crippen molar-refractivity contribution in [3.63, 3.8) is 0 Å². The van der Waals surface area contributed by atoms with E-state index in [4.69, 9.17) is 18.0 Å². The van der Waals surface area contributed by atoms with E-state index in [1.165, 1.54) is 12.1 Å². The molecule has 3 N–H and O–H groups in total. The number of anilines is 1. The summed E-state index contributed by atoms with van der Waals surface area (Å²) in [6.45, 7) is 0.711. The molecule has 0 bridgehead atoms. The Bertz CT molecular complexity index is 461. The van der Waals surface area contributed by atoms with Crippen molar-refractivity contribution in [1.29, 1.82) is 0 Å². The quantitative estimate of drug-likeness (QED) is 0.590. The average molecular weight is 322 g/mol. The van der Waals surface area contributed by atoms with Gasteiger partial charge in [0.1, 0.15) is 4.99 Å². The second-order valence-electron chi connectivity index (χ2n) is 4.25. The van der Waals surface area contributed by atoms with Crippen molar-refractivity contribution in [3.05, 3.63) is 29.3 Å². The zero-order valence-corrected chi connectivity index (χ0v) is 12.7. The maximum absolute atomic E-state index is 12.8. The lowest BCUT2D eigenvalue weighted by atomic mass is 10.1. The first-order valence-corrected chi connectivity index (χ1v) is 7.90. The van der Waals surface area contributed by atoms with E-state index in [1.807, 2.05) is 6.26 Å². The van der Waals surface area contributed by atoms with Crippen molar-refractivity contribution in [2.45, 2.75) is 19.0 Å². The van der Waals surface area contributed by atoms with Crippen LogP contribution in [-0.2, 0) is 6.18 Å². The molecule has 0 radical (unpaired) electrons. The standard InChI is InChI=1S/C13H17F3N2S2/c1-20-7-3-2-6-18-9-4-5-11(13(14,15)16)10(8-9)12(17)19/h4-5,8,18H,2-3,6-7H2,1H3,(H2,17,19). The second-order valence-corrected chi connectivity index (χ2v) is 5.67. The Morgan fingerprint density at radius 1 is 1.35 bits per heavy atom. The number of thiocarbonyl (C=S) groups is 1. The molecule has 0 amide bonds. The van der Waals surface area contributed by atoms with Crippen LogP contribution in [0, 0.1) is 0 Å². The first-order chi connectivity index (χ1) is 9.36. The predicted molar refractivity (Wildman–Crippen MR) is 83.4 cm³/mol. The zero-order valence-electron chi connectivity index (χ0n) is 11.1. The number of halogens is 3. The number of hydrogen-bond donors (Lipinski definition) is 2. The summed E-state index contributed by atoms with van der Waals surface area (Å²) in [7, 11) is 0. The van der Waals surface area contributed by atoms with Crippen molar-refractivity contribution in [3.8, 4) is 0 Å². The number of hydrogen-bond acceptors (Lipinski definition) is 3. The third kappa shape index (κ3) is 5.20. The molecule has 0 saturated carbocycles. The summed E-state index contributed by atoms with van der Waals surface area (Å²) in [6.07, 6.45) is -0.380. The van der Waals surface area contributed by atoms with Crippen molar-refractivity contribution < 1.29 is 13.2 Å². The Morgan fingerprint density at radius 3 is 2.60 bits per heavy atom. The van der Waals surface area contributed by atoms with Crippen LogP contribution in [0.3, 0.4) is 0 Å². The zero-order chi connectivity index (χ0) is 15.2. The highest BCUT2D eigenvalue weighted by Crippen LogP contribution is 2.33. The second kappa shape index (κ2) is 7.73. The molecule has 0 aliphatic heterocycles. The number of nitrogens with one attached hydrogen (secondary N) is 1. The van der Waals surface area contributed by atoms with Crippen LogP contribution in [0.5, 0.6) is 0 Å². The Kier molecular flexibility index (Phi) is 6.61. The highest BCUT2D eigenvalue weighted by atomic mass is 32.2. The smallest absolute Gasteiger partial charge is 0.389 e. The molecule has 0 aromatic heterocycles.